The Bertz CT molecular complexity index is 874. The lowest BCUT2D eigenvalue weighted by Gasteiger charge is -2.49. The zero-order chi connectivity index (χ0) is 22.9. The summed E-state index contributed by atoms with van der Waals surface area (Å²) >= 11 is 0.946. The first kappa shape index (κ1) is 24.1. The van der Waals surface area contributed by atoms with Gasteiger partial charge in [0.1, 0.15) is 10.9 Å². The summed E-state index contributed by atoms with van der Waals surface area (Å²) in [4.78, 5) is 1.89. The van der Waals surface area contributed by atoms with Crippen LogP contribution < -0.4 is 11.1 Å². The van der Waals surface area contributed by atoms with Crippen LogP contribution >= 0.6 is 11.8 Å². The van der Waals surface area contributed by atoms with Crippen molar-refractivity contribution in [3.63, 3.8) is 0 Å². The number of hydrogen-bond donors (Lipinski definition) is 5. The van der Waals surface area contributed by atoms with Crippen molar-refractivity contribution in [3.8, 4) is 0 Å². The van der Waals surface area contributed by atoms with Crippen molar-refractivity contribution in [1.29, 1.82) is 16.2 Å². The smallest absolute Gasteiger partial charge is 0.162 e. The van der Waals surface area contributed by atoms with Crippen LogP contribution in [0.4, 0.5) is 4.39 Å². The number of thioether (sulfide) groups is 1. The highest BCUT2D eigenvalue weighted by Crippen LogP contribution is 2.32. The molecular weight excluding hydrogens is 399 g/mol. The van der Waals surface area contributed by atoms with Crippen molar-refractivity contribution >= 4 is 33.4 Å². The molecule has 1 aromatic carbocycles. The van der Waals surface area contributed by atoms with Crippen LogP contribution in [0.15, 0.2) is 24.3 Å². The molecule has 0 aliphatic carbocycles. The first-order valence-electron chi connectivity index (χ1n) is 9.90. The molecule has 0 spiro atoms. The van der Waals surface area contributed by atoms with Crippen molar-refractivity contribution in [2.24, 2.45) is 5.73 Å². The second kappa shape index (κ2) is 8.89. The van der Waals surface area contributed by atoms with Crippen LogP contribution in [0.2, 0.25) is 0 Å². The molecule has 6 N–H and O–H groups in total. The molecule has 8 heteroatoms. The summed E-state index contributed by atoms with van der Waals surface area (Å²) in [5.74, 6) is -0.566. The monoisotopic (exact) mass is 432 g/mol. The highest BCUT2D eigenvalue weighted by atomic mass is 32.2. The minimum absolute atomic E-state index is 0.0193. The normalized spacial score (nSPS) is 18.7. The summed E-state index contributed by atoms with van der Waals surface area (Å²) in [6.45, 7) is 10.2. The van der Waals surface area contributed by atoms with Gasteiger partial charge in [0.15, 0.2) is 5.17 Å². The molecule has 0 bridgehead atoms. The van der Waals surface area contributed by atoms with Gasteiger partial charge in [-0.2, -0.15) is 0 Å². The molecule has 164 valence electrons. The van der Waals surface area contributed by atoms with Gasteiger partial charge >= 0.3 is 0 Å². The van der Waals surface area contributed by atoms with E-state index in [1.165, 1.54) is 18.2 Å². The zero-order valence-electron chi connectivity index (χ0n) is 18.6. The summed E-state index contributed by atoms with van der Waals surface area (Å²) in [6, 6.07) is 4.56. The largest absolute Gasteiger partial charge is 0.398 e. The standard InChI is InChI=1S/C22H33FN6S/c1-13(24)9-18(25)14-7-8-16(17(23)10-14)19(26)30-20(27)29(6)15-11-21(2,3)28-22(4,5)12-15/h7-10,15,24,26-28H,11-12,25H2,1-6H3/b18-9-,24-13?,26-19?,27-20?. The van der Waals surface area contributed by atoms with Crippen LogP contribution in [0, 0.1) is 22.0 Å². The maximum Gasteiger partial charge on any atom is 0.162 e. The molecule has 0 amide bonds. The van der Waals surface area contributed by atoms with Crippen molar-refractivity contribution in [3.05, 3.63) is 41.2 Å². The third-order valence-electron chi connectivity index (χ3n) is 5.15. The van der Waals surface area contributed by atoms with Gasteiger partial charge in [-0.05, 0) is 77.4 Å². The SMILES string of the molecule is CC(=N)/C=C(\N)c1ccc(C(=N)SC(=N)N(C)C2CC(C)(C)NC(C)(C)C2)c(F)c1. The maximum absolute atomic E-state index is 14.6. The van der Waals surface area contributed by atoms with E-state index in [2.05, 4.69) is 33.0 Å². The van der Waals surface area contributed by atoms with E-state index in [1.807, 2.05) is 11.9 Å². The average Bonchev–Trinajstić information content (AvgIpc) is 2.57. The van der Waals surface area contributed by atoms with E-state index in [4.69, 9.17) is 22.0 Å². The van der Waals surface area contributed by atoms with Gasteiger partial charge in [-0.15, -0.1) is 0 Å². The molecule has 0 saturated carbocycles. The predicted octanol–water partition coefficient (Wildman–Crippen LogP) is 4.40. The van der Waals surface area contributed by atoms with E-state index in [0.29, 0.717) is 11.3 Å². The zero-order valence-corrected chi connectivity index (χ0v) is 19.4. The number of rotatable bonds is 4. The van der Waals surface area contributed by atoms with E-state index in [1.54, 1.807) is 13.0 Å². The molecule has 1 fully saturated rings. The van der Waals surface area contributed by atoms with Gasteiger partial charge in [0, 0.05) is 46.7 Å². The molecule has 0 radical (unpaired) electrons. The van der Waals surface area contributed by atoms with Crippen LogP contribution in [0.5, 0.6) is 0 Å². The number of amidine groups is 1. The molecule has 1 saturated heterocycles. The Kier molecular flexibility index (Phi) is 7.14. The molecule has 6 nitrogen and oxygen atoms in total. The van der Waals surface area contributed by atoms with Gasteiger partial charge < -0.3 is 21.4 Å². The summed E-state index contributed by atoms with van der Waals surface area (Å²) in [5, 5.41) is 28.1. The molecule has 1 aromatic rings. The summed E-state index contributed by atoms with van der Waals surface area (Å²) in [6.07, 6.45) is 3.22. The Morgan fingerprint density at radius 1 is 1.20 bits per heavy atom. The second-order valence-electron chi connectivity index (χ2n) is 9.28. The third-order valence-corrected chi connectivity index (χ3v) is 6.06. The van der Waals surface area contributed by atoms with Crippen molar-refractivity contribution < 1.29 is 4.39 Å². The molecule has 2 rings (SSSR count). The van der Waals surface area contributed by atoms with Crippen LogP contribution in [0.1, 0.15) is 58.6 Å². The molecule has 30 heavy (non-hydrogen) atoms. The molecule has 1 aliphatic rings. The highest BCUT2D eigenvalue weighted by molar-refractivity contribution is 8.26. The van der Waals surface area contributed by atoms with Gasteiger partial charge in [0.2, 0.25) is 0 Å². The molecule has 1 aliphatic heterocycles. The van der Waals surface area contributed by atoms with Crippen LogP contribution in [0.3, 0.4) is 0 Å². The number of nitrogens with two attached hydrogens (primary N) is 1. The Balaban J connectivity index is 2.12. The fraction of sp³-hybridized carbons (Fsp3) is 0.500. The van der Waals surface area contributed by atoms with E-state index < -0.39 is 5.82 Å². The predicted molar refractivity (Wildman–Crippen MR) is 126 cm³/mol. The van der Waals surface area contributed by atoms with E-state index in [9.17, 15) is 4.39 Å². The van der Waals surface area contributed by atoms with E-state index in [0.717, 1.165) is 24.6 Å². The molecular formula is C22H33FN6S. The van der Waals surface area contributed by atoms with Crippen molar-refractivity contribution in [1.82, 2.24) is 10.2 Å². The van der Waals surface area contributed by atoms with Crippen molar-refractivity contribution in [2.75, 3.05) is 7.05 Å². The lowest BCUT2D eigenvalue weighted by molar-refractivity contribution is 0.114. The molecule has 0 aromatic heterocycles. The van der Waals surface area contributed by atoms with Gasteiger partial charge in [-0.1, -0.05) is 6.07 Å². The number of halogens is 1. The molecule has 0 atom stereocenters. The third kappa shape index (κ3) is 6.15. The van der Waals surface area contributed by atoms with Gasteiger partial charge in [-0.25, -0.2) is 4.39 Å². The number of allylic oxidation sites excluding steroid dienone is 1. The minimum atomic E-state index is -0.566. The van der Waals surface area contributed by atoms with Crippen LogP contribution in [-0.4, -0.2) is 45.0 Å². The number of nitrogens with one attached hydrogen (secondary N) is 4. The number of nitrogens with zero attached hydrogens (tertiary/aromatic N) is 1. The van der Waals surface area contributed by atoms with E-state index >= 15 is 0 Å². The molecule has 0 unspecified atom stereocenters. The summed E-state index contributed by atoms with van der Waals surface area (Å²) < 4.78 is 14.6. The average molecular weight is 433 g/mol. The Labute approximate surface area is 183 Å². The maximum atomic E-state index is 14.6. The van der Waals surface area contributed by atoms with Gasteiger partial charge in [-0.3, -0.25) is 10.8 Å². The quantitative estimate of drug-likeness (QED) is 0.358. The van der Waals surface area contributed by atoms with Crippen LogP contribution in [-0.2, 0) is 0 Å². The van der Waals surface area contributed by atoms with Gasteiger partial charge in [0.05, 0.1) is 0 Å². The van der Waals surface area contributed by atoms with Crippen LogP contribution in [0.25, 0.3) is 5.70 Å². The highest BCUT2D eigenvalue weighted by Gasteiger charge is 2.39. The summed E-state index contributed by atoms with van der Waals surface area (Å²) in [5.41, 5.74) is 6.96. The van der Waals surface area contributed by atoms with Gasteiger partial charge in [0.25, 0.3) is 0 Å². The number of hydrogen-bond acceptors (Lipinski definition) is 6. The minimum Gasteiger partial charge on any atom is -0.398 e. The fourth-order valence-electron chi connectivity index (χ4n) is 4.13. The Hall–Kier alpha value is -2.19. The first-order chi connectivity index (χ1) is 13.7. The molecule has 1 heterocycles. The Morgan fingerprint density at radius 2 is 1.77 bits per heavy atom. The van der Waals surface area contributed by atoms with E-state index in [-0.39, 0.29) is 38.6 Å². The van der Waals surface area contributed by atoms with Crippen molar-refractivity contribution in [2.45, 2.75) is 64.6 Å². The topological polar surface area (TPSA) is 113 Å². The fourth-order valence-corrected chi connectivity index (χ4v) is 4.89. The Morgan fingerprint density at radius 3 is 2.27 bits per heavy atom. The first-order valence-corrected chi connectivity index (χ1v) is 10.7. The number of benzene rings is 1. The number of piperidine rings is 1. The summed E-state index contributed by atoms with van der Waals surface area (Å²) in [7, 11) is 1.87. The lowest BCUT2D eigenvalue weighted by Crippen LogP contribution is -2.62. The second-order valence-corrected chi connectivity index (χ2v) is 10.3. The lowest BCUT2D eigenvalue weighted by atomic mass is 9.79.